The maximum atomic E-state index is 13.8. The molecule has 0 aliphatic rings. The van der Waals surface area contributed by atoms with Gasteiger partial charge in [-0.15, -0.1) is 0 Å². The van der Waals surface area contributed by atoms with Crippen LogP contribution in [0, 0.1) is 0 Å². The number of sulfonamides is 1. The molecule has 1 atom stereocenters. The maximum Gasteiger partial charge on any atom is 0.262 e. The molecule has 7 rings (SSSR count). The number of aliphatic hydroxyl groups excluding tert-OH is 1. The van der Waals surface area contributed by atoms with Gasteiger partial charge in [-0.05, 0) is 59.8 Å². The third-order valence-electron chi connectivity index (χ3n) is 9.53. The van der Waals surface area contributed by atoms with Gasteiger partial charge in [0.2, 0.25) is 13.8 Å². The van der Waals surface area contributed by atoms with Crippen molar-refractivity contribution in [3.63, 3.8) is 0 Å². The van der Waals surface area contributed by atoms with Crippen molar-refractivity contribution in [1.29, 1.82) is 0 Å². The van der Waals surface area contributed by atoms with Gasteiger partial charge >= 0.3 is 0 Å². The van der Waals surface area contributed by atoms with E-state index in [1.54, 1.807) is 42.5 Å². The Balaban J connectivity index is 0.949. The van der Waals surface area contributed by atoms with Gasteiger partial charge in [0.1, 0.15) is 36.6 Å². The molecule has 0 aromatic heterocycles. The lowest BCUT2D eigenvalue weighted by Gasteiger charge is -2.29. The Hall–Kier alpha value is -6.03. The second-order valence-corrected chi connectivity index (χ2v) is 16.1. The molecule has 9 nitrogen and oxygen atoms in total. The van der Waals surface area contributed by atoms with E-state index in [2.05, 4.69) is 10.0 Å². The molecule has 294 valence electrons. The van der Waals surface area contributed by atoms with Gasteiger partial charge in [0, 0.05) is 29.1 Å². The molecule has 58 heavy (non-hydrogen) atoms. The number of anilines is 1. The summed E-state index contributed by atoms with van der Waals surface area (Å²) in [5.41, 5.74) is 3.75. The Labute approximate surface area is 340 Å². The van der Waals surface area contributed by atoms with E-state index < -0.39 is 21.5 Å². The highest BCUT2D eigenvalue weighted by Gasteiger charge is 2.38. The minimum atomic E-state index is -4.03. The van der Waals surface area contributed by atoms with Crippen molar-refractivity contribution in [3.8, 4) is 17.2 Å². The Morgan fingerprint density at radius 3 is 1.97 bits per heavy atom. The molecule has 0 heterocycles. The summed E-state index contributed by atoms with van der Waals surface area (Å²) >= 11 is 0. The van der Waals surface area contributed by atoms with Gasteiger partial charge in [-0.3, -0.25) is 9.29 Å². The van der Waals surface area contributed by atoms with Crippen LogP contribution in [0.25, 0.3) is 10.8 Å². The van der Waals surface area contributed by atoms with Gasteiger partial charge in [-0.25, -0.2) is 8.42 Å². The zero-order chi connectivity index (χ0) is 40.2. The van der Waals surface area contributed by atoms with Gasteiger partial charge < -0.3 is 24.6 Å². The van der Waals surface area contributed by atoms with E-state index >= 15 is 0 Å². The number of ether oxygens (including phenoxy) is 3. The largest absolute Gasteiger partial charge is 0.491 e. The van der Waals surface area contributed by atoms with E-state index in [1.165, 1.54) is 0 Å². The first-order valence-corrected chi connectivity index (χ1v) is 21.2. The van der Waals surface area contributed by atoms with Gasteiger partial charge in [0.05, 0.1) is 10.6 Å². The lowest BCUT2D eigenvalue weighted by atomic mass is 10.0. The van der Waals surface area contributed by atoms with Crippen LogP contribution < -0.4 is 24.2 Å². The number of hydrogen-bond donors (Lipinski definition) is 3. The zero-order valence-electron chi connectivity index (χ0n) is 31.6. The van der Waals surface area contributed by atoms with Gasteiger partial charge in [-0.1, -0.05) is 140 Å². The van der Waals surface area contributed by atoms with Crippen LogP contribution in [0.1, 0.15) is 22.3 Å². The van der Waals surface area contributed by atoms with E-state index in [1.807, 2.05) is 133 Å². The maximum absolute atomic E-state index is 13.8. The van der Waals surface area contributed by atoms with Crippen LogP contribution in [0.4, 0.5) is 5.69 Å². The average molecular weight is 811 g/mol. The van der Waals surface area contributed by atoms with Crippen LogP contribution in [0.5, 0.6) is 17.2 Å². The lowest BCUT2D eigenvalue weighted by molar-refractivity contribution is 0.106. The molecule has 0 amide bonds. The summed E-state index contributed by atoms with van der Waals surface area (Å²) in [5.74, 6) is 1.28. The van der Waals surface area contributed by atoms with Crippen molar-refractivity contribution in [2.75, 3.05) is 24.4 Å². The third kappa shape index (κ3) is 9.91. The van der Waals surface area contributed by atoms with Gasteiger partial charge in [0.25, 0.3) is 10.0 Å². The van der Waals surface area contributed by atoms with Crippen LogP contribution in [-0.4, -0.2) is 39.3 Å². The predicted molar refractivity (Wildman–Crippen MR) is 228 cm³/mol. The van der Waals surface area contributed by atoms with Gasteiger partial charge in [0.15, 0.2) is 0 Å². The summed E-state index contributed by atoms with van der Waals surface area (Å²) in [6.45, 7) is 1.08. The monoisotopic (exact) mass is 810 g/mol. The van der Waals surface area contributed by atoms with Crippen molar-refractivity contribution >= 4 is 34.9 Å². The van der Waals surface area contributed by atoms with Crippen LogP contribution in [0.15, 0.2) is 181 Å². The first-order chi connectivity index (χ1) is 28.3. The van der Waals surface area contributed by atoms with E-state index in [-0.39, 0.29) is 38.8 Å². The molecule has 7 aromatic carbocycles. The lowest BCUT2D eigenvalue weighted by Crippen LogP contribution is -2.32. The zero-order valence-corrected chi connectivity index (χ0v) is 33.3. The van der Waals surface area contributed by atoms with Gasteiger partial charge in [-0.2, -0.15) is 0 Å². The molecule has 11 heteroatoms. The Morgan fingerprint density at radius 2 is 1.28 bits per heavy atom. The molecule has 7 aromatic rings. The number of fused-ring (bicyclic) bond motifs is 1. The van der Waals surface area contributed by atoms with E-state index in [9.17, 15) is 18.1 Å². The fraction of sp³-hybridized carbons (Fsp3) is 0.149. The highest BCUT2D eigenvalue weighted by atomic mass is 32.2. The number of aliphatic hydroxyl groups is 1. The van der Waals surface area contributed by atoms with Crippen LogP contribution >= 0.6 is 8.46 Å². The summed E-state index contributed by atoms with van der Waals surface area (Å²) < 4.78 is 61.6. The Morgan fingerprint density at radius 1 is 0.655 bits per heavy atom. The minimum Gasteiger partial charge on any atom is -0.491 e. The molecule has 0 saturated heterocycles. The topological polar surface area (TPSA) is 123 Å². The molecule has 0 saturated carbocycles. The van der Waals surface area contributed by atoms with Crippen LogP contribution in [-0.2, 0) is 33.0 Å². The fourth-order valence-electron chi connectivity index (χ4n) is 6.55. The number of nitrogens with one attached hydrogen (secondary N) is 2. The summed E-state index contributed by atoms with van der Waals surface area (Å²) in [6.07, 6.45) is -0.142. The van der Waals surface area contributed by atoms with E-state index in [4.69, 9.17) is 14.2 Å². The molecular weight excluding hydrogens is 768 g/mol. The highest BCUT2D eigenvalue weighted by Crippen LogP contribution is 2.43. The van der Waals surface area contributed by atoms with Crippen LogP contribution in [0.3, 0.4) is 0 Å². The SMILES string of the molecule is O=PC(Oc1ccc(CCNC[C@H](O)COc2ccc(OCc3ccccc3)c(NS(=O)(=O)c3cccc4ccccc34)c2)cc1)(c1ccccc1)c1ccccc1. The Kier molecular flexibility index (Phi) is 13.1. The minimum absolute atomic E-state index is 0.0254. The molecule has 0 spiro atoms. The molecule has 0 aliphatic heterocycles. The van der Waals surface area contributed by atoms with Crippen molar-refractivity contribution < 1.29 is 32.3 Å². The van der Waals surface area contributed by atoms with Crippen molar-refractivity contribution in [1.82, 2.24) is 5.32 Å². The third-order valence-corrected chi connectivity index (χ3v) is 11.8. The average Bonchev–Trinajstić information content (AvgIpc) is 3.27. The second kappa shape index (κ2) is 18.9. The number of hydrogen-bond acceptors (Lipinski definition) is 8. The van der Waals surface area contributed by atoms with E-state index in [0.717, 1.165) is 27.6 Å². The summed E-state index contributed by atoms with van der Waals surface area (Å²) in [5, 5.41) is 14.2. The predicted octanol–water partition coefficient (Wildman–Crippen LogP) is 9.36. The van der Waals surface area contributed by atoms with Crippen LogP contribution in [0.2, 0.25) is 0 Å². The molecule has 0 radical (unpaired) electrons. The molecular formula is C47H43N2O7PS. The van der Waals surface area contributed by atoms with Crippen molar-refractivity contribution in [2.24, 2.45) is 0 Å². The second-order valence-electron chi connectivity index (χ2n) is 13.6. The normalized spacial score (nSPS) is 12.2. The molecule has 0 bridgehead atoms. The van der Waals surface area contributed by atoms with Crippen molar-refractivity contribution in [3.05, 3.63) is 198 Å². The summed E-state index contributed by atoms with van der Waals surface area (Å²) in [4.78, 5) is 0.142. The summed E-state index contributed by atoms with van der Waals surface area (Å²) in [6, 6.07) is 53.7. The molecule has 3 N–H and O–H groups in total. The quantitative estimate of drug-likeness (QED) is 0.0546. The highest BCUT2D eigenvalue weighted by molar-refractivity contribution is 7.93. The molecule has 0 fully saturated rings. The molecule has 0 unspecified atom stereocenters. The standard InChI is InChI=1S/C47H43N2O7PS/c50-40(32-48-30-29-35-23-25-41(26-24-35)56-47(57-51,38-17-6-2-7-18-38)39-19-8-3-9-20-39)34-54-42-27-28-45(55-33-36-13-4-1-5-14-36)44(31-42)49-58(52,53)46-22-12-16-37-15-10-11-21-43(37)46/h1-28,31,40,48-50H,29-30,32-34H2/t40-/m0/s1. The molecule has 0 aliphatic carbocycles. The van der Waals surface area contributed by atoms with E-state index in [0.29, 0.717) is 35.6 Å². The first-order valence-electron chi connectivity index (χ1n) is 18.9. The Bertz CT molecular complexity index is 2480. The summed E-state index contributed by atoms with van der Waals surface area (Å²) in [7, 11) is -4.22. The fourth-order valence-corrected chi connectivity index (χ4v) is 8.50. The van der Waals surface area contributed by atoms with Crippen molar-refractivity contribution in [2.45, 2.75) is 29.4 Å². The smallest absolute Gasteiger partial charge is 0.262 e. The first kappa shape index (κ1) is 40.2. The number of rotatable bonds is 19. The number of benzene rings is 7.